The zero-order valence-corrected chi connectivity index (χ0v) is 18.7. The Morgan fingerprint density at radius 3 is 2.66 bits per heavy atom. The Balaban J connectivity index is 1.49. The van der Waals surface area contributed by atoms with Crippen LogP contribution in [-0.2, 0) is 19.6 Å². The fourth-order valence-electron chi connectivity index (χ4n) is 5.31. The van der Waals surface area contributed by atoms with Gasteiger partial charge in [0.2, 0.25) is 15.9 Å². The number of rotatable bonds is 10. The molecule has 3 aliphatic heterocycles. The monoisotopic (exact) mass is 429 g/mol. The Morgan fingerprint density at radius 2 is 2.00 bits per heavy atom. The number of primary amides is 1. The summed E-state index contributed by atoms with van der Waals surface area (Å²) in [6, 6.07) is 0.393. The molecule has 0 saturated carbocycles. The molecule has 0 aromatic rings. The third-order valence-electron chi connectivity index (χ3n) is 7.18. The Bertz CT molecular complexity index is 661. The van der Waals surface area contributed by atoms with E-state index in [2.05, 4.69) is 16.2 Å². The topological polar surface area (TPSA) is 96.2 Å². The van der Waals surface area contributed by atoms with Crippen LogP contribution in [0.4, 0.5) is 0 Å². The van der Waals surface area contributed by atoms with E-state index < -0.39 is 15.6 Å². The molecule has 9 heteroatoms. The molecule has 8 nitrogen and oxygen atoms in total. The molecule has 2 bridgehead atoms. The van der Waals surface area contributed by atoms with Crippen molar-refractivity contribution in [2.45, 2.75) is 62.6 Å². The van der Waals surface area contributed by atoms with E-state index in [-0.39, 0.29) is 17.7 Å². The van der Waals surface area contributed by atoms with Crippen LogP contribution in [0.2, 0.25) is 0 Å². The van der Waals surface area contributed by atoms with Crippen molar-refractivity contribution in [3.05, 3.63) is 6.42 Å². The van der Waals surface area contributed by atoms with Crippen molar-refractivity contribution in [3.8, 4) is 0 Å². The van der Waals surface area contributed by atoms with Crippen molar-refractivity contribution in [1.29, 1.82) is 0 Å². The van der Waals surface area contributed by atoms with Crippen LogP contribution in [0.15, 0.2) is 0 Å². The van der Waals surface area contributed by atoms with Gasteiger partial charge in [0.25, 0.3) is 0 Å². The van der Waals surface area contributed by atoms with E-state index in [1.165, 1.54) is 0 Å². The summed E-state index contributed by atoms with van der Waals surface area (Å²) >= 11 is 0. The maximum Gasteiger partial charge on any atom is 0.237 e. The smallest absolute Gasteiger partial charge is 0.237 e. The number of ether oxygens (including phenoxy) is 1. The van der Waals surface area contributed by atoms with Crippen LogP contribution in [0.25, 0.3) is 0 Å². The van der Waals surface area contributed by atoms with E-state index in [4.69, 9.17) is 10.5 Å². The first-order valence-electron chi connectivity index (χ1n) is 10.9. The van der Waals surface area contributed by atoms with E-state index in [9.17, 15) is 13.2 Å². The van der Waals surface area contributed by atoms with Gasteiger partial charge in [-0.05, 0) is 64.5 Å². The Morgan fingerprint density at radius 1 is 1.28 bits per heavy atom. The van der Waals surface area contributed by atoms with Crippen LogP contribution in [0.5, 0.6) is 0 Å². The average molecular weight is 430 g/mol. The highest BCUT2D eigenvalue weighted by atomic mass is 32.2. The molecule has 0 aliphatic carbocycles. The zero-order chi connectivity index (χ0) is 21.1. The number of nitrogens with zero attached hydrogens (tertiary/aromatic N) is 3. The second-order valence-corrected chi connectivity index (χ2v) is 10.9. The quantitative estimate of drug-likeness (QED) is 0.541. The Hall–Kier alpha value is -0.740. The Kier molecular flexibility index (Phi) is 7.59. The molecule has 3 rings (SSSR count). The third kappa shape index (κ3) is 4.95. The van der Waals surface area contributed by atoms with Crippen molar-refractivity contribution < 1.29 is 17.9 Å². The molecule has 3 heterocycles. The number of fused-ring (bicyclic) bond motifs is 2. The zero-order valence-electron chi connectivity index (χ0n) is 17.9. The van der Waals surface area contributed by atoms with Crippen molar-refractivity contribution >= 4 is 15.9 Å². The molecule has 3 saturated heterocycles. The fraction of sp³-hybridized carbons (Fsp3) is 0.900. The van der Waals surface area contributed by atoms with Crippen LogP contribution in [-0.4, -0.2) is 98.7 Å². The predicted octanol–water partition coefficient (Wildman–Crippen LogP) is 0.435. The van der Waals surface area contributed by atoms with Crippen LogP contribution in [0.3, 0.4) is 0 Å². The molecular weight excluding hydrogens is 392 g/mol. The van der Waals surface area contributed by atoms with E-state index in [1.54, 1.807) is 18.5 Å². The van der Waals surface area contributed by atoms with E-state index in [0.29, 0.717) is 32.0 Å². The maximum atomic E-state index is 12.9. The van der Waals surface area contributed by atoms with Crippen molar-refractivity contribution in [2.75, 3.05) is 52.7 Å². The van der Waals surface area contributed by atoms with Gasteiger partial charge in [0.05, 0.1) is 12.4 Å². The molecule has 1 radical (unpaired) electrons. The number of likely N-dealkylation sites (tertiary alicyclic amines) is 1. The lowest BCUT2D eigenvalue weighted by atomic mass is 9.87. The molecule has 0 spiro atoms. The summed E-state index contributed by atoms with van der Waals surface area (Å²) in [6.07, 6.45) is 7.82. The second-order valence-electron chi connectivity index (χ2n) is 8.76. The highest BCUT2D eigenvalue weighted by molar-refractivity contribution is 7.89. The molecule has 3 fully saturated rings. The lowest BCUT2D eigenvalue weighted by Crippen LogP contribution is -2.58. The van der Waals surface area contributed by atoms with Gasteiger partial charge in [-0.3, -0.25) is 9.69 Å². The number of hydrogen-bond donors (Lipinski definition) is 1. The lowest BCUT2D eigenvalue weighted by molar-refractivity contribution is -0.130. The molecule has 2 atom stereocenters. The van der Waals surface area contributed by atoms with Gasteiger partial charge in [0.15, 0.2) is 0 Å². The van der Waals surface area contributed by atoms with Crippen molar-refractivity contribution in [3.63, 3.8) is 0 Å². The lowest BCUT2D eigenvalue weighted by Gasteiger charge is -2.42. The van der Waals surface area contributed by atoms with E-state index in [1.807, 2.05) is 0 Å². The molecular formula is C20H37N4O4S. The average Bonchev–Trinajstić information content (AvgIpc) is 2.90. The first-order chi connectivity index (χ1) is 13.8. The maximum absolute atomic E-state index is 12.9. The third-order valence-corrected chi connectivity index (χ3v) is 9.16. The first kappa shape index (κ1) is 22.9. The minimum Gasteiger partial charge on any atom is -0.383 e. The van der Waals surface area contributed by atoms with Gasteiger partial charge in [0.1, 0.15) is 5.54 Å². The van der Waals surface area contributed by atoms with Crippen LogP contribution >= 0.6 is 0 Å². The summed E-state index contributed by atoms with van der Waals surface area (Å²) in [6.45, 7) is 4.03. The van der Waals surface area contributed by atoms with Crippen LogP contribution in [0, 0.1) is 6.42 Å². The summed E-state index contributed by atoms with van der Waals surface area (Å²) in [5.41, 5.74) is 5.15. The molecule has 3 aliphatic rings. The SMILES string of the molecule is COCCN1CCC(N(C)S(=O)(=O)CCCN2[C@@H]3C[CH]C[C@@]2(C(N)=O)CC3)CC1. The van der Waals surface area contributed by atoms with Gasteiger partial charge >= 0.3 is 0 Å². The molecule has 0 aromatic carbocycles. The summed E-state index contributed by atoms with van der Waals surface area (Å²) in [5.74, 6) is -0.147. The van der Waals surface area contributed by atoms with Gasteiger partial charge in [0, 0.05) is 39.3 Å². The second kappa shape index (κ2) is 9.60. The predicted molar refractivity (Wildman–Crippen MR) is 113 cm³/mol. The van der Waals surface area contributed by atoms with Crippen molar-refractivity contribution in [2.24, 2.45) is 5.73 Å². The summed E-state index contributed by atoms with van der Waals surface area (Å²) in [4.78, 5) is 16.7. The summed E-state index contributed by atoms with van der Waals surface area (Å²) in [7, 11) is 0.108. The van der Waals surface area contributed by atoms with Gasteiger partial charge < -0.3 is 15.4 Å². The van der Waals surface area contributed by atoms with E-state index >= 15 is 0 Å². The number of carbonyl (C=O) groups excluding carboxylic acids is 1. The standard InChI is InChI=1S/C20H37N4O4S/c1-22(17-7-12-23(13-8-17)14-15-28-2)29(26,27)16-4-11-24-18-5-3-9-20(24,10-6-18)19(21)25/h3,17-18H,4-16H2,1-2H3,(H2,21,25)/t18-,20+/m1/s1. The van der Waals surface area contributed by atoms with Gasteiger partial charge in [-0.15, -0.1) is 0 Å². The van der Waals surface area contributed by atoms with Crippen molar-refractivity contribution in [1.82, 2.24) is 14.1 Å². The largest absolute Gasteiger partial charge is 0.383 e. The summed E-state index contributed by atoms with van der Waals surface area (Å²) < 4.78 is 32.5. The molecule has 0 aromatic heterocycles. The number of nitrogens with two attached hydrogens (primary N) is 1. The number of carbonyl (C=O) groups is 1. The van der Waals surface area contributed by atoms with E-state index in [0.717, 1.165) is 51.7 Å². The number of methoxy groups -OCH3 is 1. The molecule has 167 valence electrons. The Labute approximate surface area is 175 Å². The minimum absolute atomic E-state index is 0.0662. The molecule has 1 amide bonds. The minimum atomic E-state index is -3.31. The highest BCUT2D eigenvalue weighted by Gasteiger charge is 2.52. The first-order valence-corrected chi connectivity index (χ1v) is 12.5. The fourth-order valence-corrected chi connectivity index (χ4v) is 6.76. The molecule has 29 heavy (non-hydrogen) atoms. The number of hydrogen-bond acceptors (Lipinski definition) is 6. The van der Waals surface area contributed by atoms with Gasteiger partial charge in [-0.2, -0.15) is 0 Å². The van der Waals surface area contributed by atoms with Gasteiger partial charge in [-0.1, -0.05) is 0 Å². The highest BCUT2D eigenvalue weighted by Crippen LogP contribution is 2.43. The van der Waals surface area contributed by atoms with Gasteiger partial charge in [-0.25, -0.2) is 12.7 Å². The normalized spacial score (nSPS) is 29.6. The number of sulfonamides is 1. The number of amides is 1. The van der Waals surface area contributed by atoms with Crippen LogP contribution in [0.1, 0.15) is 44.9 Å². The van der Waals surface area contributed by atoms with Crippen LogP contribution < -0.4 is 5.73 Å². The summed E-state index contributed by atoms with van der Waals surface area (Å²) in [5, 5.41) is 0. The molecule has 2 N–H and O–H groups in total. The molecule has 0 unspecified atom stereocenters. The number of piperidine rings is 2.